The van der Waals surface area contributed by atoms with Gasteiger partial charge in [0.25, 0.3) is 0 Å². The summed E-state index contributed by atoms with van der Waals surface area (Å²) in [7, 11) is 0. The van der Waals surface area contributed by atoms with Crippen LogP contribution >= 0.6 is 0 Å². The summed E-state index contributed by atoms with van der Waals surface area (Å²) in [5.41, 5.74) is 3.85. The monoisotopic (exact) mass is 228 g/mol. The molecule has 9 unspecified atom stereocenters. The Morgan fingerprint density at radius 3 is 2.53 bits per heavy atom. The maximum atomic E-state index is 2.72. The van der Waals surface area contributed by atoms with E-state index in [0.29, 0.717) is 0 Å². The zero-order valence-electron chi connectivity index (χ0n) is 11.6. The molecule has 0 heteroatoms. The SMILES string of the molecule is CC1C23CC4C5CC6C2(C)CC(C)(C41C)C56C3. The van der Waals surface area contributed by atoms with E-state index in [0.717, 1.165) is 50.7 Å². The molecule has 0 aromatic carbocycles. The molecule has 0 amide bonds. The Morgan fingerprint density at radius 2 is 1.76 bits per heavy atom. The first kappa shape index (κ1) is 8.99. The Kier molecular flexibility index (Phi) is 0.900. The molecule has 5 aliphatic rings. The van der Waals surface area contributed by atoms with Gasteiger partial charge in [-0.3, -0.25) is 0 Å². The van der Waals surface area contributed by atoms with Crippen LogP contribution in [0.5, 0.6) is 0 Å². The summed E-state index contributed by atoms with van der Waals surface area (Å²) in [4.78, 5) is 0. The fourth-order valence-electron chi connectivity index (χ4n) is 10.4. The van der Waals surface area contributed by atoms with Gasteiger partial charge in [0, 0.05) is 0 Å². The van der Waals surface area contributed by atoms with Crippen molar-refractivity contribution in [3.05, 3.63) is 0 Å². The van der Waals surface area contributed by atoms with Crippen LogP contribution in [0, 0.1) is 50.7 Å². The van der Waals surface area contributed by atoms with Gasteiger partial charge in [0.05, 0.1) is 0 Å². The summed E-state index contributed by atoms with van der Waals surface area (Å²) in [5.74, 6) is 4.44. The molecule has 5 saturated carbocycles. The third-order valence-electron chi connectivity index (χ3n) is 10.8. The molecule has 0 heterocycles. The maximum absolute atomic E-state index is 2.72. The topological polar surface area (TPSA) is 0 Å². The van der Waals surface area contributed by atoms with Crippen molar-refractivity contribution >= 4 is 0 Å². The molecule has 0 aromatic rings. The fraction of sp³-hybridized carbons (Fsp3) is 1.00. The van der Waals surface area contributed by atoms with E-state index < -0.39 is 0 Å². The number of hydrogen-bond donors (Lipinski definition) is 0. The molecule has 5 fully saturated rings. The van der Waals surface area contributed by atoms with Gasteiger partial charge in [-0.25, -0.2) is 0 Å². The minimum Gasteiger partial charge on any atom is -0.0614 e. The fourth-order valence-corrected chi connectivity index (χ4v) is 10.4. The molecule has 5 rings (SSSR count). The van der Waals surface area contributed by atoms with Crippen LogP contribution in [0.1, 0.15) is 53.4 Å². The second kappa shape index (κ2) is 1.70. The normalized spacial score (nSPS) is 88.2. The lowest BCUT2D eigenvalue weighted by atomic mass is 9.39. The highest BCUT2D eigenvalue weighted by molar-refractivity contribution is 5.47. The van der Waals surface area contributed by atoms with Gasteiger partial charge in [0.1, 0.15) is 0 Å². The number of fused-ring (bicyclic) bond motifs is 4. The first-order valence-electron chi connectivity index (χ1n) is 7.89. The molecule has 2 spiro atoms. The van der Waals surface area contributed by atoms with Gasteiger partial charge >= 0.3 is 0 Å². The third-order valence-corrected chi connectivity index (χ3v) is 10.8. The molecule has 0 radical (unpaired) electrons. The zero-order chi connectivity index (χ0) is 11.6. The van der Waals surface area contributed by atoms with E-state index >= 15 is 0 Å². The highest BCUT2D eigenvalue weighted by Gasteiger charge is 2.99. The van der Waals surface area contributed by atoms with Crippen molar-refractivity contribution < 1.29 is 0 Å². The van der Waals surface area contributed by atoms with Crippen molar-refractivity contribution in [2.24, 2.45) is 50.7 Å². The van der Waals surface area contributed by atoms with E-state index in [9.17, 15) is 0 Å². The van der Waals surface area contributed by atoms with Crippen molar-refractivity contribution in [1.29, 1.82) is 0 Å². The van der Waals surface area contributed by atoms with Gasteiger partial charge < -0.3 is 0 Å². The third kappa shape index (κ3) is 0.405. The predicted molar refractivity (Wildman–Crippen MR) is 67.3 cm³/mol. The van der Waals surface area contributed by atoms with Crippen LogP contribution in [0.4, 0.5) is 0 Å². The van der Waals surface area contributed by atoms with E-state index in [4.69, 9.17) is 0 Å². The van der Waals surface area contributed by atoms with Gasteiger partial charge in [-0.1, -0.05) is 27.7 Å². The van der Waals surface area contributed by atoms with Crippen LogP contribution in [0.2, 0.25) is 0 Å². The largest absolute Gasteiger partial charge is 0.0614 e. The average Bonchev–Trinajstić information content (AvgIpc) is 2.53. The van der Waals surface area contributed by atoms with Crippen LogP contribution in [0.25, 0.3) is 0 Å². The first-order chi connectivity index (χ1) is 7.89. The van der Waals surface area contributed by atoms with Crippen LogP contribution in [0.15, 0.2) is 0 Å². The Hall–Kier alpha value is 0. The van der Waals surface area contributed by atoms with Gasteiger partial charge in [-0.05, 0) is 76.4 Å². The number of rotatable bonds is 0. The number of hydrogen-bond acceptors (Lipinski definition) is 0. The summed E-state index contributed by atoms with van der Waals surface area (Å²) < 4.78 is 0. The highest BCUT2D eigenvalue weighted by atomic mass is 15.0. The summed E-state index contributed by atoms with van der Waals surface area (Å²) >= 11 is 0. The molecule has 2 bridgehead atoms. The van der Waals surface area contributed by atoms with Crippen molar-refractivity contribution in [3.63, 3.8) is 0 Å². The summed E-state index contributed by atoms with van der Waals surface area (Å²) in [6.45, 7) is 10.8. The molecule has 0 aromatic heterocycles. The first-order valence-corrected chi connectivity index (χ1v) is 7.89. The van der Waals surface area contributed by atoms with Gasteiger partial charge in [0.15, 0.2) is 0 Å². The minimum absolute atomic E-state index is 0.723. The summed E-state index contributed by atoms with van der Waals surface area (Å²) in [6.07, 6.45) is 6.49. The predicted octanol–water partition coefficient (Wildman–Crippen LogP) is 4.10. The van der Waals surface area contributed by atoms with Gasteiger partial charge in [0.2, 0.25) is 0 Å². The maximum Gasteiger partial charge on any atom is -0.0167 e. The molecular weight excluding hydrogens is 204 g/mol. The van der Waals surface area contributed by atoms with Crippen molar-refractivity contribution in [2.75, 3.05) is 0 Å². The zero-order valence-corrected chi connectivity index (χ0v) is 11.6. The van der Waals surface area contributed by atoms with E-state index in [-0.39, 0.29) is 0 Å². The molecule has 92 valence electrons. The molecule has 9 atom stereocenters. The highest BCUT2D eigenvalue weighted by Crippen LogP contribution is 3.05. The lowest BCUT2D eigenvalue weighted by Crippen LogP contribution is -2.59. The average molecular weight is 228 g/mol. The Bertz CT molecular complexity index is 498. The quantitative estimate of drug-likeness (QED) is 0.585. The molecule has 17 heavy (non-hydrogen) atoms. The van der Waals surface area contributed by atoms with Crippen LogP contribution in [-0.4, -0.2) is 0 Å². The van der Waals surface area contributed by atoms with Crippen LogP contribution < -0.4 is 0 Å². The lowest BCUT2D eigenvalue weighted by Gasteiger charge is -2.65. The lowest BCUT2D eigenvalue weighted by molar-refractivity contribution is -0.175. The van der Waals surface area contributed by atoms with E-state index in [1.54, 1.807) is 25.7 Å². The van der Waals surface area contributed by atoms with E-state index in [1.807, 2.05) is 0 Å². The Morgan fingerprint density at radius 1 is 1.00 bits per heavy atom. The van der Waals surface area contributed by atoms with Crippen molar-refractivity contribution in [1.82, 2.24) is 0 Å². The summed E-state index contributed by atoms with van der Waals surface area (Å²) in [5, 5.41) is 0. The standard InChI is InChI=1S/C17H24/c1-9-15(4)11-6-16(9)8-17-10(11)5-12(17)13(16,2)7-14(15,17)3/h9-12H,5-8H2,1-4H3. The molecule has 5 aliphatic carbocycles. The second-order valence-electron chi connectivity index (χ2n) is 9.51. The van der Waals surface area contributed by atoms with Gasteiger partial charge in [-0.15, -0.1) is 0 Å². The molecule has 0 aliphatic heterocycles. The van der Waals surface area contributed by atoms with Crippen LogP contribution in [0.3, 0.4) is 0 Å². The molecular formula is C17H24. The Labute approximate surface area is 105 Å². The smallest absolute Gasteiger partial charge is 0.0167 e. The Balaban J connectivity index is 1.85. The summed E-state index contributed by atoms with van der Waals surface area (Å²) in [6, 6.07) is 0. The van der Waals surface area contributed by atoms with Crippen molar-refractivity contribution in [3.8, 4) is 0 Å². The van der Waals surface area contributed by atoms with Gasteiger partial charge in [-0.2, -0.15) is 0 Å². The van der Waals surface area contributed by atoms with E-state index in [1.165, 1.54) is 0 Å². The van der Waals surface area contributed by atoms with Crippen molar-refractivity contribution in [2.45, 2.75) is 53.4 Å². The second-order valence-corrected chi connectivity index (χ2v) is 9.51. The molecule has 0 N–H and O–H groups in total. The van der Waals surface area contributed by atoms with Crippen LogP contribution in [-0.2, 0) is 0 Å². The molecule has 0 saturated heterocycles. The van der Waals surface area contributed by atoms with E-state index in [2.05, 4.69) is 27.7 Å². The molecule has 0 nitrogen and oxygen atoms in total. The minimum atomic E-state index is 0.723.